The molecule has 1 aromatic rings. The Balaban J connectivity index is 2.24. The van der Waals surface area contributed by atoms with E-state index < -0.39 is 15.8 Å². The second-order valence-corrected chi connectivity index (χ2v) is 8.21. The lowest BCUT2D eigenvalue weighted by Gasteiger charge is -2.29. The molecule has 5 heteroatoms. The van der Waals surface area contributed by atoms with Crippen molar-refractivity contribution in [3.8, 4) is 0 Å². The summed E-state index contributed by atoms with van der Waals surface area (Å²) in [6.45, 7) is 1.83. The molecular weight excluding hydrogens is 288 g/mol. The lowest BCUT2D eigenvalue weighted by molar-refractivity contribution is 0.0695. The van der Waals surface area contributed by atoms with E-state index in [1.54, 1.807) is 12.1 Å². The van der Waals surface area contributed by atoms with Gasteiger partial charge in [0.25, 0.3) is 0 Å². The van der Waals surface area contributed by atoms with Gasteiger partial charge in [-0.1, -0.05) is 19.4 Å². The summed E-state index contributed by atoms with van der Waals surface area (Å²) in [6, 6.07) is 3.32. The Kier molecular flexibility index (Phi) is 3.56. The maximum absolute atomic E-state index is 12.8. The van der Waals surface area contributed by atoms with Crippen molar-refractivity contribution in [2.24, 2.45) is 0 Å². The molecule has 114 valence electrons. The maximum atomic E-state index is 12.8. The number of sulfone groups is 1. The fraction of sp³-hybridized carbons (Fsp3) is 0.562. The van der Waals surface area contributed by atoms with Gasteiger partial charge in [-0.25, -0.2) is 13.2 Å². The molecule has 1 aromatic carbocycles. The summed E-state index contributed by atoms with van der Waals surface area (Å²) in [7, 11) is -3.38. The standard InChI is InChI=1S/C16H20O4S/c1-2-12-14(16(17)18)9-8-13(10-4-3-5-10)15(12)21(19,20)11-6-7-11/h8-11H,2-7H2,1H3,(H,17,18). The fourth-order valence-corrected chi connectivity index (χ4v) is 5.37. The molecule has 4 nitrogen and oxygen atoms in total. The molecule has 0 saturated heterocycles. The van der Waals surface area contributed by atoms with Crippen LogP contribution in [0.3, 0.4) is 0 Å². The summed E-state index contributed by atoms with van der Waals surface area (Å²) >= 11 is 0. The van der Waals surface area contributed by atoms with E-state index in [2.05, 4.69) is 0 Å². The smallest absolute Gasteiger partial charge is 0.336 e. The van der Waals surface area contributed by atoms with Crippen molar-refractivity contribution in [1.29, 1.82) is 0 Å². The minimum atomic E-state index is -3.38. The molecule has 21 heavy (non-hydrogen) atoms. The van der Waals surface area contributed by atoms with Crippen LogP contribution in [0.1, 0.15) is 66.4 Å². The van der Waals surface area contributed by atoms with Crippen LogP contribution in [0.2, 0.25) is 0 Å². The van der Waals surface area contributed by atoms with Crippen LogP contribution in [-0.4, -0.2) is 24.7 Å². The first-order valence-corrected chi connectivity index (χ1v) is 9.14. The van der Waals surface area contributed by atoms with Crippen LogP contribution in [0.4, 0.5) is 0 Å². The number of carboxylic acid groups (broad SMARTS) is 1. The molecule has 0 bridgehead atoms. The highest BCUT2D eigenvalue weighted by molar-refractivity contribution is 7.92. The summed E-state index contributed by atoms with van der Waals surface area (Å²) in [5.74, 6) is -0.763. The highest BCUT2D eigenvalue weighted by Gasteiger charge is 2.41. The van der Waals surface area contributed by atoms with E-state index in [-0.39, 0.29) is 16.7 Å². The van der Waals surface area contributed by atoms with Gasteiger partial charge < -0.3 is 5.11 Å². The summed E-state index contributed by atoms with van der Waals surface area (Å²) in [5, 5.41) is 9.05. The van der Waals surface area contributed by atoms with Crippen LogP contribution < -0.4 is 0 Å². The van der Waals surface area contributed by atoms with E-state index in [1.165, 1.54) is 0 Å². The van der Waals surface area contributed by atoms with Gasteiger partial charge in [0, 0.05) is 0 Å². The van der Waals surface area contributed by atoms with Gasteiger partial charge in [-0.3, -0.25) is 0 Å². The van der Waals surface area contributed by atoms with Crippen LogP contribution in [-0.2, 0) is 16.3 Å². The third-order valence-corrected chi connectivity index (χ3v) is 7.07. The van der Waals surface area contributed by atoms with Gasteiger partial charge in [0.05, 0.1) is 15.7 Å². The highest BCUT2D eigenvalue weighted by Crippen LogP contribution is 2.44. The van der Waals surface area contributed by atoms with E-state index in [1.807, 2.05) is 6.92 Å². The number of hydrogen-bond acceptors (Lipinski definition) is 3. The number of benzene rings is 1. The molecule has 1 N–H and O–H groups in total. The predicted molar refractivity (Wildman–Crippen MR) is 79.6 cm³/mol. The zero-order chi connectivity index (χ0) is 15.2. The zero-order valence-corrected chi connectivity index (χ0v) is 12.9. The number of carbonyl (C=O) groups is 1. The average molecular weight is 308 g/mol. The Labute approximate surface area is 125 Å². The first-order chi connectivity index (χ1) is 9.96. The minimum Gasteiger partial charge on any atom is -0.478 e. The van der Waals surface area contributed by atoms with Crippen molar-refractivity contribution in [1.82, 2.24) is 0 Å². The number of hydrogen-bond donors (Lipinski definition) is 1. The van der Waals surface area contributed by atoms with Gasteiger partial charge in [-0.15, -0.1) is 0 Å². The quantitative estimate of drug-likeness (QED) is 0.907. The second kappa shape index (κ2) is 5.13. The predicted octanol–water partition coefficient (Wildman–Crippen LogP) is 3.15. The molecule has 0 heterocycles. The average Bonchev–Trinajstić information content (AvgIpc) is 3.19. The van der Waals surface area contributed by atoms with Crippen molar-refractivity contribution in [3.63, 3.8) is 0 Å². The Morgan fingerprint density at radius 2 is 1.90 bits per heavy atom. The van der Waals surface area contributed by atoms with Gasteiger partial charge in [0.2, 0.25) is 0 Å². The molecule has 2 fully saturated rings. The lowest BCUT2D eigenvalue weighted by Crippen LogP contribution is -2.20. The normalized spacial score (nSPS) is 19.3. The molecular formula is C16H20O4S. The molecule has 0 radical (unpaired) electrons. The van der Waals surface area contributed by atoms with E-state index in [0.29, 0.717) is 29.7 Å². The van der Waals surface area contributed by atoms with E-state index >= 15 is 0 Å². The van der Waals surface area contributed by atoms with Crippen LogP contribution >= 0.6 is 0 Å². The Bertz CT molecular complexity index is 682. The number of carboxylic acids is 1. The third-order valence-electron chi connectivity index (χ3n) is 4.67. The molecule has 2 aliphatic rings. The van der Waals surface area contributed by atoms with Gasteiger partial charge >= 0.3 is 5.97 Å². The second-order valence-electron chi connectivity index (χ2n) is 6.04. The summed E-state index contributed by atoms with van der Waals surface area (Å²) in [4.78, 5) is 11.8. The van der Waals surface area contributed by atoms with Gasteiger partial charge in [-0.2, -0.15) is 0 Å². The van der Waals surface area contributed by atoms with Gasteiger partial charge in [0.15, 0.2) is 9.84 Å². The SMILES string of the molecule is CCc1c(C(=O)O)ccc(C2CCC2)c1S(=O)(=O)C1CC1. The third kappa shape index (κ3) is 2.37. The topological polar surface area (TPSA) is 71.4 Å². The molecule has 0 unspecified atom stereocenters. The molecule has 0 atom stereocenters. The van der Waals surface area contributed by atoms with Crippen LogP contribution in [0.25, 0.3) is 0 Å². The van der Waals surface area contributed by atoms with E-state index in [4.69, 9.17) is 0 Å². The molecule has 2 aliphatic carbocycles. The maximum Gasteiger partial charge on any atom is 0.336 e. The van der Waals surface area contributed by atoms with Crippen molar-refractivity contribution in [2.75, 3.05) is 0 Å². The summed E-state index contributed by atoms with van der Waals surface area (Å²) < 4.78 is 25.6. The molecule has 0 amide bonds. The van der Waals surface area contributed by atoms with Crippen molar-refractivity contribution < 1.29 is 18.3 Å². The molecule has 0 spiro atoms. The first-order valence-electron chi connectivity index (χ1n) is 7.59. The fourth-order valence-electron chi connectivity index (χ4n) is 3.12. The zero-order valence-electron chi connectivity index (χ0n) is 12.1. The highest BCUT2D eigenvalue weighted by atomic mass is 32.2. The monoisotopic (exact) mass is 308 g/mol. The van der Waals surface area contributed by atoms with Crippen molar-refractivity contribution in [3.05, 3.63) is 28.8 Å². The molecule has 2 saturated carbocycles. The molecule has 3 rings (SSSR count). The lowest BCUT2D eigenvalue weighted by atomic mass is 9.79. The number of rotatable bonds is 5. The summed E-state index contributed by atoms with van der Waals surface area (Å²) in [6.07, 6.45) is 4.96. The molecule has 0 aliphatic heterocycles. The minimum absolute atomic E-state index is 0.139. The molecule has 0 aromatic heterocycles. The van der Waals surface area contributed by atoms with Crippen molar-refractivity contribution >= 4 is 15.8 Å². The Morgan fingerprint density at radius 3 is 2.33 bits per heavy atom. The van der Waals surface area contributed by atoms with E-state index in [0.717, 1.165) is 24.8 Å². The largest absolute Gasteiger partial charge is 0.478 e. The van der Waals surface area contributed by atoms with E-state index in [9.17, 15) is 18.3 Å². The van der Waals surface area contributed by atoms with Gasteiger partial charge in [0.1, 0.15) is 0 Å². The van der Waals surface area contributed by atoms with Crippen molar-refractivity contribution in [2.45, 2.75) is 61.5 Å². The van der Waals surface area contributed by atoms with Crippen LogP contribution in [0.15, 0.2) is 17.0 Å². The Morgan fingerprint density at radius 1 is 1.24 bits per heavy atom. The first kappa shape index (κ1) is 14.6. The van der Waals surface area contributed by atoms with Crippen LogP contribution in [0.5, 0.6) is 0 Å². The van der Waals surface area contributed by atoms with Crippen LogP contribution in [0, 0.1) is 0 Å². The number of aromatic carboxylic acids is 1. The Hall–Kier alpha value is -1.36. The summed E-state index contributed by atoms with van der Waals surface area (Å²) in [5.41, 5.74) is 1.49. The van der Waals surface area contributed by atoms with Gasteiger partial charge in [-0.05, 0) is 55.2 Å².